The van der Waals surface area contributed by atoms with E-state index in [1.54, 1.807) is 13.8 Å². The Labute approximate surface area is 115 Å². The second-order valence-electron chi connectivity index (χ2n) is 4.45. The maximum absolute atomic E-state index is 14.1. The number of H-pyrrole nitrogens is 1. The summed E-state index contributed by atoms with van der Waals surface area (Å²) in [6.45, 7) is 4.86. The molecule has 7 heteroatoms. The van der Waals surface area contributed by atoms with E-state index < -0.39 is 35.4 Å². The average Bonchev–Trinajstić information content (AvgIpc) is 2.42. The van der Waals surface area contributed by atoms with Crippen molar-refractivity contribution in [2.24, 2.45) is 5.92 Å². The lowest BCUT2D eigenvalue weighted by Gasteiger charge is -2.24. The lowest BCUT2D eigenvalue weighted by atomic mass is 9.85. The summed E-state index contributed by atoms with van der Waals surface area (Å²) in [5, 5.41) is 0. The largest absolute Gasteiger partial charge is 0.464 e. The normalized spacial score (nSPS) is 15.4. The zero-order valence-corrected chi connectivity index (χ0v) is 11.7. The van der Waals surface area contributed by atoms with Crippen LogP contribution in [-0.2, 0) is 9.53 Å². The lowest BCUT2D eigenvalue weighted by Crippen LogP contribution is -2.32. The molecule has 0 saturated heterocycles. The van der Waals surface area contributed by atoms with Gasteiger partial charge in [-0.1, -0.05) is 13.8 Å². The summed E-state index contributed by atoms with van der Waals surface area (Å²) in [5.41, 5.74) is -1.06. The van der Waals surface area contributed by atoms with Gasteiger partial charge < -0.3 is 9.72 Å². The quantitative estimate of drug-likeness (QED) is 0.812. The van der Waals surface area contributed by atoms with Crippen LogP contribution in [0.5, 0.6) is 0 Å². The van der Waals surface area contributed by atoms with Crippen LogP contribution in [0.2, 0.25) is 0 Å². The summed E-state index contributed by atoms with van der Waals surface area (Å²) in [4.78, 5) is 28.5. The van der Waals surface area contributed by atoms with Gasteiger partial charge in [-0.25, -0.2) is 14.2 Å². The second kappa shape index (κ2) is 7.12. The van der Waals surface area contributed by atoms with Gasteiger partial charge >= 0.3 is 5.97 Å². The average molecular weight is 288 g/mol. The van der Waals surface area contributed by atoms with Crippen molar-refractivity contribution >= 4 is 5.97 Å². The van der Waals surface area contributed by atoms with E-state index in [1.165, 1.54) is 6.92 Å². The molecule has 1 heterocycles. The maximum atomic E-state index is 14.1. The molecule has 20 heavy (non-hydrogen) atoms. The van der Waals surface area contributed by atoms with Gasteiger partial charge in [0.05, 0.1) is 18.6 Å². The standard InChI is InChI=1S/C13H18F2N2O3/c1-4-8(9(14)13(19)20-5-2)7(3)11-10(15)12(18)17-6-16-11/h6-9H,4-5H2,1-3H3,(H,16,17,18). The van der Waals surface area contributed by atoms with Gasteiger partial charge in [-0.3, -0.25) is 4.79 Å². The smallest absolute Gasteiger partial charge is 0.341 e. The predicted octanol–water partition coefficient (Wildman–Crippen LogP) is 1.94. The summed E-state index contributed by atoms with van der Waals surface area (Å²) < 4.78 is 32.5. The third-order valence-electron chi connectivity index (χ3n) is 3.26. The van der Waals surface area contributed by atoms with E-state index in [-0.39, 0.29) is 18.7 Å². The van der Waals surface area contributed by atoms with Gasteiger partial charge in [0.1, 0.15) is 0 Å². The first kappa shape index (κ1) is 16.3. The Morgan fingerprint density at radius 2 is 2.15 bits per heavy atom. The number of alkyl halides is 1. The maximum Gasteiger partial charge on any atom is 0.341 e. The summed E-state index contributed by atoms with van der Waals surface area (Å²) in [5.74, 6) is -3.55. The molecule has 3 unspecified atom stereocenters. The Balaban J connectivity index is 3.02. The molecular weight excluding hydrogens is 270 g/mol. The molecule has 0 amide bonds. The number of hydrogen-bond acceptors (Lipinski definition) is 4. The molecule has 0 fully saturated rings. The van der Waals surface area contributed by atoms with Gasteiger partial charge in [0, 0.05) is 11.8 Å². The molecule has 0 aromatic carbocycles. The van der Waals surface area contributed by atoms with Crippen LogP contribution in [0.3, 0.4) is 0 Å². The van der Waals surface area contributed by atoms with Gasteiger partial charge in [0.25, 0.3) is 5.56 Å². The van der Waals surface area contributed by atoms with Crippen LogP contribution in [0.15, 0.2) is 11.1 Å². The van der Waals surface area contributed by atoms with E-state index >= 15 is 0 Å². The van der Waals surface area contributed by atoms with Crippen molar-refractivity contribution < 1.29 is 18.3 Å². The summed E-state index contributed by atoms with van der Waals surface area (Å²) >= 11 is 0. The van der Waals surface area contributed by atoms with E-state index in [0.717, 1.165) is 6.33 Å². The number of halogens is 2. The Hall–Kier alpha value is -1.79. The Morgan fingerprint density at radius 1 is 1.50 bits per heavy atom. The topological polar surface area (TPSA) is 72.0 Å². The molecule has 0 bridgehead atoms. The highest BCUT2D eigenvalue weighted by Crippen LogP contribution is 2.30. The van der Waals surface area contributed by atoms with Crippen LogP contribution in [0, 0.1) is 11.7 Å². The van der Waals surface area contributed by atoms with Crippen molar-refractivity contribution in [2.75, 3.05) is 6.61 Å². The molecule has 5 nitrogen and oxygen atoms in total. The lowest BCUT2D eigenvalue weighted by molar-refractivity contribution is -0.151. The first-order valence-electron chi connectivity index (χ1n) is 6.47. The zero-order valence-electron chi connectivity index (χ0n) is 11.7. The van der Waals surface area contributed by atoms with E-state index in [1.807, 2.05) is 0 Å². The fourth-order valence-corrected chi connectivity index (χ4v) is 2.13. The molecule has 0 aliphatic rings. The molecule has 0 aliphatic heterocycles. The van der Waals surface area contributed by atoms with Crippen LogP contribution in [0.4, 0.5) is 8.78 Å². The number of carbonyl (C=O) groups is 1. The highest BCUT2D eigenvalue weighted by molar-refractivity contribution is 5.75. The van der Waals surface area contributed by atoms with Gasteiger partial charge in [0.15, 0.2) is 0 Å². The third kappa shape index (κ3) is 3.40. The first-order chi connectivity index (χ1) is 9.43. The Kier molecular flexibility index (Phi) is 5.79. The molecule has 0 aliphatic carbocycles. The third-order valence-corrected chi connectivity index (χ3v) is 3.26. The monoisotopic (exact) mass is 288 g/mol. The molecule has 112 valence electrons. The molecule has 1 aromatic rings. The number of rotatable bonds is 6. The van der Waals surface area contributed by atoms with Crippen molar-refractivity contribution in [3.8, 4) is 0 Å². The van der Waals surface area contributed by atoms with Gasteiger partial charge in [0.2, 0.25) is 12.0 Å². The second-order valence-corrected chi connectivity index (χ2v) is 4.45. The van der Waals surface area contributed by atoms with Gasteiger partial charge in [-0.15, -0.1) is 0 Å². The summed E-state index contributed by atoms with van der Waals surface area (Å²) in [7, 11) is 0. The molecule has 1 N–H and O–H groups in total. The highest BCUT2D eigenvalue weighted by atomic mass is 19.1. The van der Waals surface area contributed by atoms with E-state index in [4.69, 9.17) is 0 Å². The van der Waals surface area contributed by atoms with Crippen LogP contribution in [0.1, 0.15) is 38.8 Å². The van der Waals surface area contributed by atoms with E-state index in [2.05, 4.69) is 14.7 Å². The predicted molar refractivity (Wildman–Crippen MR) is 68.5 cm³/mol. The van der Waals surface area contributed by atoms with Crippen LogP contribution in [0.25, 0.3) is 0 Å². The minimum absolute atomic E-state index is 0.0711. The number of carbonyl (C=O) groups excluding carboxylic acids is 1. The van der Waals surface area contributed by atoms with Gasteiger partial charge in [-0.2, -0.15) is 4.39 Å². The number of aromatic nitrogens is 2. The number of ether oxygens (including phenoxy) is 1. The minimum Gasteiger partial charge on any atom is -0.464 e. The van der Waals surface area contributed by atoms with Gasteiger partial charge in [-0.05, 0) is 13.3 Å². The summed E-state index contributed by atoms with van der Waals surface area (Å²) in [6.07, 6.45) is -0.535. The van der Waals surface area contributed by atoms with Crippen molar-refractivity contribution in [2.45, 2.75) is 39.3 Å². The van der Waals surface area contributed by atoms with Crippen LogP contribution < -0.4 is 5.56 Å². The fourth-order valence-electron chi connectivity index (χ4n) is 2.13. The summed E-state index contributed by atoms with van der Waals surface area (Å²) in [6, 6.07) is 0. The highest BCUT2D eigenvalue weighted by Gasteiger charge is 2.35. The SMILES string of the molecule is CCOC(=O)C(F)C(CC)C(C)c1nc[nH]c(=O)c1F. The van der Waals surface area contributed by atoms with E-state index in [0.29, 0.717) is 0 Å². The van der Waals surface area contributed by atoms with E-state index in [9.17, 15) is 18.4 Å². The molecular formula is C13H18F2N2O3. The fraction of sp³-hybridized carbons (Fsp3) is 0.615. The minimum atomic E-state index is -1.88. The molecule has 0 saturated carbocycles. The van der Waals surface area contributed by atoms with Crippen molar-refractivity contribution in [1.82, 2.24) is 9.97 Å². The molecule has 3 atom stereocenters. The number of hydrogen-bond donors (Lipinski definition) is 1. The molecule has 0 radical (unpaired) electrons. The zero-order chi connectivity index (χ0) is 15.3. The number of nitrogens with zero attached hydrogens (tertiary/aromatic N) is 1. The number of nitrogens with one attached hydrogen (secondary N) is 1. The number of esters is 1. The Bertz CT molecular complexity index is 519. The van der Waals surface area contributed by atoms with Crippen molar-refractivity contribution in [3.63, 3.8) is 0 Å². The molecule has 1 aromatic heterocycles. The van der Waals surface area contributed by atoms with Crippen LogP contribution >= 0.6 is 0 Å². The first-order valence-corrected chi connectivity index (χ1v) is 6.47. The Morgan fingerprint density at radius 3 is 2.70 bits per heavy atom. The molecule has 0 spiro atoms. The van der Waals surface area contributed by atoms with Crippen LogP contribution in [-0.4, -0.2) is 28.7 Å². The number of aromatic amines is 1. The van der Waals surface area contributed by atoms with Crippen molar-refractivity contribution in [1.29, 1.82) is 0 Å². The van der Waals surface area contributed by atoms with Crippen molar-refractivity contribution in [3.05, 3.63) is 28.2 Å². The molecule has 1 rings (SSSR count).